The lowest BCUT2D eigenvalue weighted by atomic mass is 10.1. The maximum Gasteiger partial charge on any atom is 0.417 e. The summed E-state index contributed by atoms with van der Waals surface area (Å²) < 4.78 is 40.1. The van der Waals surface area contributed by atoms with Crippen LogP contribution < -0.4 is 5.56 Å². The van der Waals surface area contributed by atoms with E-state index in [0.29, 0.717) is 17.8 Å². The fourth-order valence-corrected chi connectivity index (χ4v) is 2.33. The first-order valence-corrected chi connectivity index (χ1v) is 6.96. The third-order valence-corrected chi connectivity index (χ3v) is 3.44. The number of aromatic nitrogens is 3. The summed E-state index contributed by atoms with van der Waals surface area (Å²) in [7, 11) is 0. The van der Waals surface area contributed by atoms with E-state index < -0.39 is 22.7 Å². The molecular formula is C16H12F3N3O. The Hall–Kier alpha value is -2.70. The highest BCUT2D eigenvalue weighted by molar-refractivity contribution is 5.82. The standard InChI is InChI=1S/C16H12F3N3O/c1-2-12-21-14-13(15(23)22-12)10(16(17,18)19)8-11(20-14)9-6-4-3-5-7-9/h3-8H,2H2,1H3,(H,20,21,22,23). The minimum Gasteiger partial charge on any atom is -0.310 e. The number of nitrogens with one attached hydrogen (secondary N) is 1. The smallest absolute Gasteiger partial charge is 0.310 e. The van der Waals surface area contributed by atoms with Crippen molar-refractivity contribution in [1.82, 2.24) is 15.0 Å². The summed E-state index contributed by atoms with van der Waals surface area (Å²) in [6.07, 6.45) is -4.28. The predicted molar refractivity (Wildman–Crippen MR) is 80.0 cm³/mol. The molecule has 1 aromatic carbocycles. The minimum absolute atomic E-state index is 0.130. The Morgan fingerprint density at radius 1 is 1.13 bits per heavy atom. The zero-order valence-electron chi connectivity index (χ0n) is 12.1. The van der Waals surface area contributed by atoms with E-state index in [0.717, 1.165) is 6.07 Å². The molecule has 7 heteroatoms. The van der Waals surface area contributed by atoms with E-state index >= 15 is 0 Å². The Balaban J connectivity index is 2.40. The number of alkyl halides is 3. The normalized spacial score (nSPS) is 11.8. The van der Waals surface area contributed by atoms with Crippen LogP contribution in [0.3, 0.4) is 0 Å². The van der Waals surface area contributed by atoms with Gasteiger partial charge in [-0.1, -0.05) is 37.3 Å². The second kappa shape index (κ2) is 5.49. The van der Waals surface area contributed by atoms with Crippen LogP contribution in [-0.2, 0) is 12.6 Å². The summed E-state index contributed by atoms with van der Waals surface area (Å²) in [6, 6.07) is 9.37. The summed E-state index contributed by atoms with van der Waals surface area (Å²) in [6.45, 7) is 1.75. The number of benzene rings is 1. The predicted octanol–water partition coefficient (Wildman–Crippen LogP) is 3.57. The third kappa shape index (κ3) is 2.81. The largest absolute Gasteiger partial charge is 0.417 e. The molecule has 0 unspecified atom stereocenters. The summed E-state index contributed by atoms with van der Waals surface area (Å²) in [5.41, 5.74) is -1.39. The summed E-state index contributed by atoms with van der Waals surface area (Å²) >= 11 is 0. The molecule has 0 aliphatic rings. The summed E-state index contributed by atoms with van der Waals surface area (Å²) in [4.78, 5) is 22.6. The van der Waals surface area contributed by atoms with Gasteiger partial charge >= 0.3 is 6.18 Å². The molecule has 2 heterocycles. The van der Waals surface area contributed by atoms with E-state index in [1.165, 1.54) is 0 Å². The highest BCUT2D eigenvalue weighted by Crippen LogP contribution is 2.35. The van der Waals surface area contributed by atoms with Crippen LogP contribution in [0.4, 0.5) is 13.2 Å². The molecule has 1 N–H and O–H groups in total. The van der Waals surface area contributed by atoms with Crippen LogP contribution in [0.2, 0.25) is 0 Å². The Labute approximate surface area is 129 Å². The number of hydrogen-bond acceptors (Lipinski definition) is 3. The lowest BCUT2D eigenvalue weighted by molar-refractivity contribution is -0.136. The fraction of sp³-hybridized carbons (Fsp3) is 0.188. The van der Waals surface area contributed by atoms with Gasteiger partial charge in [0.05, 0.1) is 16.6 Å². The first-order chi connectivity index (χ1) is 10.9. The fourth-order valence-electron chi connectivity index (χ4n) is 2.33. The van der Waals surface area contributed by atoms with Crippen molar-refractivity contribution in [2.45, 2.75) is 19.5 Å². The molecule has 118 valence electrons. The Morgan fingerprint density at radius 2 is 1.83 bits per heavy atom. The van der Waals surface area contributed by atoms with E-state index in [-0.39, 0.29) is 11.3 Å². The molecule has 0 aliphatic carbocycles. The van der Waals surface area contributed by atoms with Gasteiger partial charge in [0.15, 0.2) is 5.65 Å². The van der Waals surface area contributed by atoms with E-state index in [2.05, 4.69) is 15.0 Å². The van der Waals surface area contributed by atoms with Gasteiger partial charge < -0.3 is 4.98 Å². The van der Waals surface area contributed by atoms with E-state index in [9.17, 15) is 18.0 Å². The van der Waals surface area contributed by atoms with Gasteiger partial charge in [-0.15, -0.1) is 0 Å². The molecule has 4 nitrogen and oxygen atoms in total. The number of rotatable bonds is 2. The van der Waals surface area contributed by atoms with Crippen molar-refractivity contribution in [3.8, 4) is 11.3 Å². The number of halogens is 3. The number of nitrogens with zero attached hydrogens (tertiary/aromatic N) is 2. The van der Waals surface area contributed by atoms with Crippen LogP contribution in [0.15, 0.2) is 41.2 Å². The lowest BCUT2D eigenvalue weighted by Crippen LogP contribution is -2.18. The second-order valence-corrected chi connectivity index (χ2v) is 4.98. The van der Waals surface area contributed by atoms with Crippen LogP contribution in [0.5, 0.6) is 0 Å². The molecule has 0 aliphatic heterocycles. The molecule has 0 saturated heterocycles. The molecular weight excluding hydrogens is 307 g/mol. The van der Waals surface area contributed by atoms with Crippen molar-refractivity contribution < 1.29 is 13.2 Å². The molecule has 0 fully saturated rings. The first kappa shape index (κ1) is 15.2. The first-order valence-electron chi connectivity index (χ1n) is 6.96. The van der Waals surface area contributed by atoms with Crippen molar-refractivity contribution in [3.05, 3.63) is 58.1 Å². The molecule has 3 aromatic rings. The molecule has 0 atom stereocenters. The highest BCUT2D eigenvalue weighted by Gasteiger charge is 2.35. The van der Waals surface area contributed by atoms with Crippen LogP contribution in [0.25, 0.3) is 22.3 Å². The molecule has 2 aromatic heterocycles. The van der Waals surface area contributed by atoms with Crippen molar-refractivity contribution in [2.75, 3.05) is 0 Å². The molecule has 0 amide bonds. The average molecular weight is 319 g/mol. The maximum absolute atomic E-state index is 13.4. The highest BCUT2D eigenvalue weighted by atomic mass is 19.4. The Bertz CT molecular complexity index is 917. The zero-order chi connectivity index (χ0) is 16.6. The van der Waals surface area contributed by atoms with Crippen LogP contribution in [0.1, 0.15) is 18.3 Å². The number of pyridine rings is 1. The zero-order valence-corrected chi connectivity index (χ0v) is 12.1. The van der Waals surface area contributed by atoms with Gasteiger partial charge in [-0.3, -0.25) is 4.79 Å². The monoisotopic (exact) mass is 319 g/mol. The number of H-pyrrole nitrogens is 1. The summed E-state index contributed by atoms with van der Waals surface area (Å²) in [5.74, 6) is 0.299. The van der Waals surface area contributed by atoms with Gasteiger partial charge in [0.25, 0.3) is 5.56 Å². The molecule has 0 bridgehead atoms. The Kier molecular flexibility index (Phi) is 3.63. The number of aromatic amines is 1. The van der Waals surface area contributed by atoms with E-state index in [4.69, 9.17) is 0 Å². The second-order valence-electron chi connectivity index (χ2n) is 4.98. The molecule has 0 spiro atoms. The lowest BCUT2D eigenvalue weighted by Gasteiger charge is -2.12. The van der Waals surface area contributed by atoms with Crippen molar-refractivity contribution in [3.63, 3.8) is 0 Å². The van der Waals surface area contributed by atoms with Crippen LogP contribution in [0, 0.1) is 0 Å². The van der Waals surface area contributed by atoms with E-state index in [1.54, 1.807) is 37.3 Å². The van der Waals surface area contributed by atoms with Crippen LogP contribution >= 0.6 is 0 Å². The molecule has 0 saturated carbocycles. The minimum atomic E-state index is -4.67. The Morgan fingerprint density at radius 3 is 2.43 bits per heavy atom. The van der Waals surface area contributed by atoms with Gasteiger partial charge in [-0.25, -0.2) is 9.97 Å². The maximum atomic E-state index is 13.4. The van der Waals surface area contributed by atoms with Crippen molar-refractivity contribution >= 4 is 11.0 Å². The van der Waals surface area contributed by atoms with Gasteiger partial charge in [0.2, 0.25) is 0 Å². The third-order valence-electron chi connectivity index (χ3n) is 3.44. The molecule has 3 rings (SSSR count). The van der Waals surface area contributed by atoms with Gasteiger partial charge in [0.1, 0.15) is 5.82 Å². The number of hydrogen-bond donors (Lipinski definition) is 1. The van der Waals surface area contributed by atoms with Crippen molar-refractivity contribution in [2.24, 2.45) is 0 Å². The number of fused-ring (bicyclic) bond motifs is 1. The SMILES string of the molecule is CCc1nc2nc(-c3ccccc3)cc(C(F)(F)F)c2c(=O)[nH]1. The average Bonchev–Trinajstić information content (AvgIpc) is 2.53. The van der Waals surface area contributed by atoms with Crippen molar-refractivity contribution in [1.29, 1.82) is 0 Å². The molecule has 23 heavy (non-hydrogen) atoms. The van der Waals surface area contributed by atoms with Gasteiger partial charge in [-0.05, 0) is 6.07 Å². The molecule has 0 radical (unpaired) electrons. The topological polar surface area (TPSA) is 58.6 Å². The van der Waals surface area contributed by atoms with Crippen LogP contribution in [-0.4, -0.2) is 15.0 Å². The van der Waals surface area contributed by atoms with Gasteiger partial charge in [-0.2, -0.15) is 13.2 Å². The van der Waals surface area contributed by atoms with E-state index in [1.807, 2.05) is 0 Å². The number of aryl methyl sites for hydroxylation is 1. The quantitative estimate of drug-likeness (QED) is 0.785. The van der Waals surface area contributed by atoms with Gasteiger partial charge in [0, 0.05) is 12.0 Å². The summed E-state index contributed by atoms with van der Waals surface area (Å²) in [5, 5.41) is -0.533.